The quantitative estimate of drug-likeness (QED) is 0.617. The number of halogens is 1. The van der Waals surface area contributed by atoms with E-state index in [-0.39, 0.29) is 23.7 Å². The highest BCUT2D eigenvalue weighted by Gasteiger charge is 2.23. The molecule has 0 unspecified atom stereocenters. The fourth-order valence-electron chi connectivity index (χ4n) is 2.71. The average molecular weight is 438 g/mol. The molecule has 2 amide bonds. The van der Waals surface area contributed by atoms with Gasteiger partial charge in [0.25, 0.3) is 5.91 Å². The first kappa shape index (κ1) is 22.7. The third-order valence-corrected chi connectivity index (χ3v) is 5.00. The first-order valence-electron chi connectivity index (χ1n) is 8.81. The molecule has 2 aromatic rings. The minimum Gasteiger partial charge on any atom is -0.351 e. The van der Waals surface area contributed by atoms with E-state index in [1.165, 1.54) is 25.1 Å². The number of amides is 2. The normalized spacial score (nSPS) is 11.6. The van der Waals surface area contributed by atoms with Gasteiger partial charge in [-0.2, -0.15) is 0 Å². The van der Waals surface area contributed by atoms with Gasteiger partial charge < -0.3 is 10.6 Å². The van der Waals surface area contributed by atoms with Crippen LogP contribution in [0, 0.1) is 0 Å². The van der Waals surface area contributed by atoms with Crippen LogP contribution in [0.3, 0.4) is 0 Å². The molecule has 2 rings (SSSR count). The fourth-order valence-corrected chi connectivity index (χ4v) is 3.48. The van der Waals surface area contributed by atoms with Gasteiger partial charge in [-0.1, -0.05) is 37.6 Å². The number of anilines is 2. The Morgan fingerprint density at radius 2 is 1.79 bits per heavy atom. The minimum atomic E-state index is -3.59. The van der Waals surface area contributed by atoms with Crippen molar-refractivity contribution in [2.45, 2.75) is 26.2 Å². The number of sulfonamides is 1. The highest BCUT2D eigenvalue weighted by molar-refractivity contribution is 7.92. The molecule has 0 aliphatic rings. The SMILES string of the molecule is CC(=O)Nc1ccc(NS(C)(=O)=O)c(C(=O)NCC(C)(C)c2cccc(Cl)c2)c1. The molecular weight excluding hydrogens is 414 g/mol. The van der Waals surface area contributed by atoms with Gasteiger partial charge in [0.05, 0.1) is 17.5 Å². The van der Waals surface area contributed by atoms with Crippen molar-refractivity contribution in [1.82, 2.24) is 5.32 Å². The van der Waals surface area contributed by atoms with E-state index >= 15 is 0 Å². The van der Waals surface area contributed by atoms with Crippen LogP contribution in [0.25, 0.3) is 0 Å². The van der Waals surface area contributed by atoms with Crippen molar-refractivity contribution in [1.29, 1.82) is 0 Å². The number of hydrogen-bond donors (Lipinski definition) is 3. The zero-order chi connectivity index (χ0) is 21.8. The second-order valence-corrected chi connectivity index (χ2v) is 9.58. The van der Waals surface area contributed by atoms with Gasteiger partial charge in [-0.25, -0.2) is 8.42 Å². The number of carbonyl (C=O) groups is 2. The van der Waals surface area contributed by atoms with Crippen LogP contribution in [0.1, 0.15) is 36.7 Å². The number of rotatable bonds is 7. The highest BCUT2D eigenvalue weighted by atomic mass is 35.5. The molecule has 0 saturated carbocycles. The van der Waals surface area contributed by atoms with Crippen LogP contribution in [0.15, 0.2) is 42.5 Å². The van der Waals surface area contributed by atoms with Crippen LogP contribution >= 0.6 is 11.6 Å². The summed E-state index contributed by atoms with van der Waals surface area (Å²) in [5.41, 5.74) is 1.14. The first-order chi connectivity index (χ1) is 13.4. The summed E-state index contributed by atoms with van der Waals surface area (Å²) in [6.07, 6.45) is 0.999. The monoisotopic (exact) mass is 437 g/mol. The van der Waals surface area contributed by atoms with E-state index < -0.39 is 21.3 Å². The van der Waals surface area contributed by atoms with Gasteiger partial charge in [-0.05, 0) is 35.9 Å². The summed E-state index contributed by atoms with van der Waals surface area (Å²) >= 11 is 6.06. The third-order valence-electron chi connectivity index (χ3n) is 4.18. The number of carbonyl (C=O) groups excluding carboxylic acids is 2. The Balaban J connectivity index is 2.28. The summed E-state index contributed by atoms with van der Waals surface area (Å²) in [6, 6.07) is 11.7. The highest BCUT2D eigenvalue weighted by Crippen LogP contribution is 2.26. The summed E-state index contributed by atoms with van der Waals surface area (Å²) in [4.78, 5) is 24.2. The summed E-state index contributed by atoms with van der Waals surface area (Å²) < 4.78 is 25.6. The standard InChI is InChI=1S/C20H24ClN3O4S/c1-13(25)23-16-8-9-18(24-29(4,27)28)17(11-16)19(26)22-12-20(2,3)14-6-5-7-15(21)10-14/h5-11,24H,12H2,1-4H3,(H,22,26)(H,23,25). The summed E-state index contributed by atoms with van der Waals surface area (Å²) in [7, 11) is -3.59. The van der Waals surface area contributed by atoms with Crippen molar-refractivity contribution >= 4 is 44.8 Å². The van der Waals surface area contributed by atoms with Crippen molar-refractivity contribution in [2.24, 2.45) is 0 Å². The lowest BCUT2D eigenvalue weighted by atomic mass is 9.84. The van der Waals surface area contributed by atoms with E-state index in [0.717, 1.165) is 11.8 Å². The maximum absolute atomic E-state index is 12.8. The van der Waals surface area contributed by atoms with Crippen LogP contribution in [0.4, 0.5) is 11.4 Å². The van der Waals surface area contributed by atoms with E-state index in [1.54, 1.807) is 6.07 Å². The Morgan fingerprint density at radius 1 is 1.10 bits per heavy atom. The predicted octanol–water partition coefficient (Wildman–Crippen LogP) is 3.38. The van der Waals surface area contributed by atoms with Gasteiger partial charge in [0, 0.05) is 29.6 Å². The molecule has 0 fully saturated rings. The Kier molecular flexibility index (Phi) is 6.92. The second-order valence-electron chi connectivity index (χ2n) is 7.39. The molecule has 0 radical (unpaired) electrons. The van der Waals surface area contributed by atoms with Gasteiger partial charge >= 0.3 is 0 Å². The van der Waals surface area contributed by atoms with Crippen molar-refractivity contribution in [3.8, 4) is 0 Å². The first-order valence-corrected chi connectivity index (χ1v) is 11.1. The molecule has 9 heteroatoms. The Bertz CT molecular complexity index is 1040. The molecule has 3 N–H and O–H groups in total. The number of nitrogens with one attached hydrogen (secondary N) is 3. The molecule has 0 saturated heterocycles. The van der Waals surface area contributed by atoms with Crippen LogP contribution in [-0.4, -0.2) is 33.0 Å². The van der Waals surface area contributed by atoms with Gasteiger partial charge in [0.1, 0.15) is 0 Å². The van der Waals surface area contributed by atoms with Gasteiger partial charge in [0.2, 0.25) is 15.9 Å². The lowest BCUT2D eigenvalue weighted by molar-refractivity contribution is -0.114. The lowest BCUT2D eigenvalue weighted by Crippen LogP contribution is -2.37. The molecule has 0 aromatic heterocycles. The maximum atomic E-state index is 12.8. The third kappa shape index (κ3) is 6.76. The van der Waals surface area contributed by atoms with Crippen LogP contribution < -0.4 is 15.4 Å². The average Bonchev–Trinajstić information content (AvgIpc) is 2.59. The topological polar surface area (TPSA) is 104 Å². The predicted molar refractivity (Wildman–Crippen MR) is 116 cm³/mol. The van der Waals surface area contributed by atoms with E-state index in [0.29, 0.717) is 10.7 Å². The lowest BCUT2D eigenvalue weighted by Gasteiger charge is -2.26. The molecular formula is C20H24ClN3O4S. The molecule has 0 bridgehead atoms. The van der Waals surface area contributed by atoms with E-state index in [9.17, 15) is 18.0 Å². The van der Waals surface area contributed by atoms with Crippen LogP contribution in [0.2, 0.25) is 5.02 Å². The molecule has 156 valence electrons. The molecule has 2 aromatic carbocycles. The Morgan fingerprint density at radius 3 is 2.38 bits per heavy atom. The summed E-state index contributed by atoms with van der Waals surface area (Å²) in [6.45, 7) is 5.55. The molecule has 0 aliphatic carbocycles. The van der Waals surface area contributed by atoms with E-state index in [4.69, 9.17) is 11.6 Å². The molecule has 0 spiro atoms. The molecule has 29 heavy (non-hydrogen) atoms. The smallest absolute Gasteiger partial charge is 0.253 e. The van der Waals surface area contributed by atoms with Gasteiger partial charge in [-0.3, -0.25) is 14.3 Å². The number of hydrogen-bond acceptors (Lipinski definition) is 4. The van der Waals surface area contributed by atoms with Crippen LogP contribution in [-0.2, 0) is 20.2 Å². The Hall–Kier alpha value is -2.58. The van der Waals surface area contributed by atoms with Crippen molar-refractivity contribution in [3.63, 3.8) is 0 Å². The zero-order valence-electron chi connectivity index (χ0n) is 16.7. The van der Waals surface area contributed by atoms with Crippen molar-refractivity contribution in [3.05, 3.63) is 58.6 Å². The summed E-state index contributed by atoms with van der Waals surface area (Å²) in [5, 5.41) is 6.02. The maximum Gasteiger partial charge on any atom is 0.253 e. The molecule has 0 aliphatic heterocycles. The fraction of sp³-hybridized carbons (Fsp3) is 0.300. The van der Waals surface area contributed by atoms with E-state index in [1.807, 2.05) is 32.0 Å². The summed E-state index contributed by atoms with van der Waals surface area (Å²) in [5.74, 6) is -0.777. The zero-order valence-corrected chi connectivity index (χ0v) is 18.2. The largest absolute Gasteiger partial charge is 0.351 e. The molecule has 7 nitrogen and oxygen atoms in total. The van der Waals surface area contributed by atoms with Crippen LogP contribution in [0.5, 0.6) is 0 Å². The van der Waals surface area contributed by atoms with Crippen molar-refractivity contribution < 1.29 is 18.0 Å². The van der Waals surface area contributed by atoms with Gasteiger partial charge in [-0.15, -0.1) is 0 Å². The Labute approximate surface area is 175 Å². The minimum absolute atomic E-state index is 0.101. The molecule has 0 heterocycles. The molecule has 0 atom stereocenters. The van der Waals surface area contributed by atoms with Gasteiger partial charge in [0.15, 0.2) is 0 Å². The second kappa shape index (κ2) is 8.84. The van der Waals surface area contributed by atoms with E-state index in [2.05, 4.69) is 15.4 Å². The number of benzene rings is 2. The van der Waals surface area contributed by atoms with Crippen molar-refractivity contribution in [2.75, 3.05) is 22.8 Å².